The molecular weight excluding hydrogens is 317 g/mol. The van der Waals surface area contributed by atoms with Crippen LogP contribution in [0.5, 0.6) is 0 Å². The third kappa shape index (κ3) is 4.19. The van der Waals surface area contributed by atoms with E-state index in [0.717, 1.165) is 51.2 Å². The Morgan fingerprint density at radius 3 is 2.36 bits per heavy atom. The van der Waals surface area contributed by atoms with E-state index in [4.69, 9.17) is 0 Å². The lowest BCUT2D eigenvalue weighted by Crippen LogP contribution is -2.52. The molecule has 4 rings (SSSR count). The van der Waals surface area contributed by atoms with Crippen molar-refractivity contribution in [2.45, 2.75) is 69.4 Å². The van der Waals surface area contributed by atoms with Gasteiger partial charge in [-0.2, -0.15) is 0 Å². The first-order valence-electron chi connectivity index (χ1n) is 10.5. The van der Waals surface area contributed by atoms with Gasteiger partial charge in [-0.3, -0.25) is 10.7 Å². The number of piperidine rings is 1. The van der Waals surface area contributed by atoms with Crippen LogP contribution in [0.4, 0.5) is 4.39 Å². The molecule has 1 saturated carbocycles. The summed E-state index contributed by atoms with van der Waals surface area (Å²) in [5, 5.41) is 7.44. The molecule has 6 heteroatoms. The van der Waals surface area contributed by atoms with Crippen molar-refractivity contribution in [2.24, 2.45) is 17.8 Å². The Labute approximate surface area is 151 Å². The number of halogens is 1. The molecule has 3 aliphatic heterocycles. The molecule has 0 spiro atoms. The van der Waals surface area contributed by atoms with Crippen LogP contribution in [-0.2, 0) is 0 Å². The number of nitrogens with zero attached hydrogens (tertiary/aromatic N) is 1. The summed E-state index contributed by atoms with van der Waals surface area (Å²) >= 11 is 0. The molecule has 4 N–H and O–H groups in total. The Hall–Kier alpha value is -0.270. The zero-order valence-electron chi connectivity index (χ0n) is 15.6. The van der Waals surface area contributed by atoms with Crippen molar-refractivity contribution < 1.29 is 4.39 Å². The Balaban J connectivity index is 1.44. The fourth-order valence-electron chi connectivity index (χ4n) is 5.73. The lowest BCUT2D eigenvalue weighted by atomic mass is 9.71. The fourth-order valence-corrected chi connectivity index (χ4v) is 5.73. The van der Waals surface area contributed by atoms with Gasteiger partial charge in [0.25, 0.3) is 0 Å². The summed E-state index contributed by atoms with van der Waals surface area (Å²) in [5.41, 5.74) is 7.27. The second kappa shape index (κ2) is 8.17. The van der Waals surface area contributed by atoms with Crippen LogP contribution >= 0.6 is 0 Å². The number of alkyl halides is 1. The number of hydrogen-bond acceptors (Lipinski definition) is 5. The monoisotopic (exact) mass is 353 g/mol. The average Bonchev–Trinajstić information content (AvgIpc) is 3.23. The van der Waals surface area contributed by atoms with Crippen LogP contribution in [0.25, 0.3) is 0 Å². The molecule has 4 aliphatic rings. The molecule has 5 nitrogen and oxygen atoms in total. The Bertz CT molecular complexity index is 422. The van der Waals surface area contributed by atoms with Gasteiger partial charge in [-0.25, -0.2) is 9.82 Å². The van der Waals surface area contributed by atoms with Gasteiger partial charge in [0, 0.05) is 24.5 Å². The van der Waals surface area contributed by atoms with Crippen molar-refractivity contribution >= 4 is 0 Å². The van der Waals surface area contributed by atoms with Crippen LogP contribution in [-0.4, -0.2) is 62.5 Å². The molecule has 0 radical (unpaired) electrons. The molecule has 0 aromatic rings. The fraction of sp³-hybridized carbons (Fsp3) is 1.00. The van der Waals surface area contributed by atoms with Crippen molar-refractivity contribution in [1.82, 2.24) is 26.4 Å². The lowest BCUT2D eigenvalue weighted by Gasteiger charge is -2.39. The largest absolute Gasteiger partial charge is 0.317 e. The maximum absolute atomic E-state index is 13.6. The van der Waals surface area contributed by atoms with Gasteiger partial charge < -0.3 is 10.2 Å². The highest BCUT2D eigenvalue weighted by atomic mass is 19.1. The van der Waals surface area contributed by atoms with Crippen molar-refractivity contribution in [3.05, 3.63) is 0 Å². The number of rotatable bonds is 4. The smallest absolute Gasteiger partial charge is 0.100 e. The third-order valence-electron chi connectivity index (χ3n) is 7.15. The number of likely N-dealkylation sites (N-methyl/N-ethyl adjacent to an activating group) is 1. The van der Waals surface area contributed by atoms with Crippen LogP contribution in [0.3, 0.4) is 0 Å². The van der Waals surface area contributed by atoms with E-state index in [1.54, 1.807) is 0 Å². The summed E-state index contributed by atoms with van der Waals surface area (Å²) in [5.74, 6) is 2.00. The van der Waals surface area contributed by atoms with E-state index in [9.17, 15) is 4.39 Å². The van der Waals surface area contributed by atoms with Crippen LogP contribution in [0, 0.1) is 17.8 Å². The molecule has 0 aromatic heterocycles. The molecule has 0 amide bonds. The Kier molecular flexibility index (Phi) is 5.92. The van der Waals surface area contributed by atoms with Gasteiger partial charge in [0.05, 0.1) is 6.17 Å². The first kappa shape index (κ1) is 18.1. The van der Waals surface area contributed by atoms with Gasteiger partial charge in [0.2, 0.25) is 0 Å². The van der Waals surface area contributed by atoms with E-state index in [1.807, 2.05) is 0 Å². The Morgan fingerprint density at radius 1 is 0.920 bits per heavy atom. The normalized spacial score (nSPS) is 44.4. The Morgan fingerprint density at radius 2 is 1.68 bits per heavy atom. The maximum Gasteiger partial charge on any atom is 0.100 e. The molecule has 144 valence electrons. The minimum Gasteiger partial charge on any atom is -0.317 e. The third-order valence-corrected chi connectivity index (χ3v) is 7.15. The summed E-state index contributed by atoms with van der Waals surface area (Å²) in [6.07, 6.45) is 7.17. The van der Waals surface area contributed by atoms with Gasteiger partial charge in [0.15, 0.2) is 0 Å². The average molecular weight is 354 g/mol. The van der Waals surface area contributed by atoms with Crippen LogP contribution in [0.15, 0.2) is 0 Å². The number of nitrogens with one attached hydrogen (secondary N) is 4. The van der Waals surface area contributed by atoms with E-state index in [1.165, 1.54) is 25.8 Å². The second-order valence-corrected chi connectivity index (χ2v) is 8.88. The molecule has 4 unspecified atom stereocenters. The zero-order valence-corrected chi connectivity index (χ0v) is 15.6. The molecule has 4 fully saturated rings. The summed E-state index contributed by atoms with van der Waals surface area (Å²) in [6, 6.07) is 1.08. The molecule has 25 heavy (non-hydrogen) atoms. The SMILES string of the molecule is CN1CCC(NC2NNC(C3CCC(F)CC3)C2C2CCNCC2)C1. The zero-order chi connectivity index (χ0) is 17.2. The van der Waals surface area contributed by atoms with Gasteiger partial charge in [-0.15, -0.1) is 0 Å². The van der Waals surface area contributed by atoms with Crippen LogP contribution in [0.2, 0.25) is 0 Å². The minimum absolute atomic E-state index is 0.354. The molecule has 4 atom stereocenters. The van der Waals surface area contributed by atoms with E-state index >= 15 is 0 Å². The van der Waals surface area contributed by atoms with Crippen molar-refractivity contribution in [3.63, 3.8) is 0 Å². The van der Waals surface area contributed by atoms with Gasteiger partial charge in [-0.05, 0) is 83.5 Å². The predicted octanol–water partition coefficient (Wildman–Crippen LogP) is 1.23. The van der Waals surface area contributed by atoms with Gasteiger partial charge in [0.1, 0.15) is 6.17 Å². The molecule has 1 aliphatic carbocycles. The van der Waals surface area contributed by atoms with E-state index in [-0.39, 0.29) is 0 Å². The minimum atomic E-state index is -0.564. The first-order chi connectivity index (χ1) is 12.2. The summed E-state index contributed by atoms with van der Waals surface area (Å²) < 4.78 is 13.6. The standard InChI is InChI=1S/C19H36FN5/c1-25-11-8-16(12-25)22-19-17(13-6-9-21-10-7-13)18(23-24-19)14-2-4-15(20)5-3-14/h13-19,21-24H,2-12H2,1H3. The first-order valence-corrected chi connectivity index (χ1v) is 10.5. The molecule has 3 heterocycles. The van der Waals surface area contributed by atoms with E-state index in [2.05, 4.69) is 33.4 Å². The lowest BCUT2D eigenvalue weighted by molar-refractivity contribution is 0.127. The second-order valence-electron chi connectivity index (χ2n) is 8.88. The highest BCUT2D eigenvalue weighted by molar-refractivity contribution is 5.00. The number of likely N-dealkylation sites (tertiary alicyclic amines) is 1. The van der Waals surface area contributed by atoms with Crippen molar-refractivity contribution in [1.29, 1.82) is 0 Å². The summed E-state index contributed by atoms with van der Waals surface area (Å²) in [4.78, 5) is 2.42. The van der Waals surface area contributed by atoms with Crippen LogP contribution in [0.1, 0.15) is 44.9 Å². The molecule has 0 aromatic carbocycles. The predicted molar refractivity (Wildman–Crippen MR) is 98.8 cm³/mol. The maximum atomic E-state index is 13.6. The van der Waals surface area contributed by atoms with E-state index < -0.39 is 6.17 Å². The molecular formula is C19H36FN5. The molecule has 3 saturated heterocycles. The van der Waals surface area contributed by atoms with Crippen molar-refractivity contribution in [2.75, 3.05) is 33.2 Å². The van der Waals surface area contributed by atoms with Crippen LogP contribution < -0.4 is 21.5 Å². The van der Waals surface area contributed by atoms with E-state index in [0.29, 0.717) is 30.1 Å². The number of hydrazine groups is 1. The van der Waals surface area contributed by atoms with Crippen molar-refractivity contribution in [3.8, 4) is 0 Å². The quantitative estimate of drug-likeness (QED) is 0.613. The highest BCUT2D eigenvalue weighted by Crippen LogP contribution is 2.38. The van der Waals surface area contributed by atoms with Gasteiger partial charge in [-0.1, -0.05) is 0 Å². The van der Waals surface area contributed by atoms with Gasteiger partial charge >= 0.3 is 0 Å². The topological polar surface area (TPSA) is 51.4 Å². The summed E-state index contributed by atoms with van der Waals surface area (Å²) in [7, 11) is 2.21. The highest BCUT2D eigenvalue weighted by Gasteiger charge is 2.45. The number of hydrogen-bond donors (Lipinski definition) is 4. The molecule has 0 bridgehead atoms. The summed E-state index contributed by atoms with van der Waals surface area (Å²) in [6.45, 7) is 4.63.